The number of carbonyl (C=O) groups is 1. The Hall–Kier alpha value is -3.24. The van der Waals surface area contributed by atoms with Gasteiger partial charge in [-0.3, -0.25) is 9.36 Å². The number of anilines is 1. The van der Waals surface area contributed by atoms with E-state index in [1.807, 2.05) is 4.57 Å². The molecule has 0 radical (unpaired) electrons. The van der Waals surface area contributed by atoms with Gasteiger partial charge in [0.2, 0.25) is 12.7 Å². The predicted molar refractivity (Wildman–Crippen MR) is 118 cm³/mol. The summed E-state index contributed by atoms with van der Waals surface area (Å²) in [5.74, 6) is 2.17. The highest BCUT2D eigenvalue weighted by molar-refractivity contribution is 7.99. The first-order valence-corrected chi connectivity index (χ1v) is 11.3. The van der Waals surface area contributed by atoms with E-state index in [1.54, 1.807) is 42.5 Å². The van der Waals surface area contributed by atoms with Crippen LogP contribution >= 0.6 is 11.8 Å². The van der Waals surface area contributed by atoms with Crippen molar-refractivity contribution in [3.63, 3.8) is 0 Å². The lowest BCUT2D eigenvalue weighted by Crippen LogP contribution is -2.18. The Balaban J connectivity index is 1.30. The van der Waals surface area contributed by atoms with Crippen LogP contribution in [0.3, 0.4) is 0 Å². The van der Waals surface area contributed by atoms with Gasteiger partial charge in [0, 0.05) is 23.9 Å². The third-order valence-electron chi connectivity index (χ3n) is 5.24. The Morgan fingerprint density at radius 1 is 1.16 bits per heavy atom. The van der Waals surface area contributed by atoms with Crippen LogP contribution in [0.25, 0.3) is 11.4 Å². The van der Waals surface area contributed by atoms with Crippen molar-refractivity contribution in [2.24, 2.45) is 0 Å². The molecule has 5 rings (SSSR count). The van der Waals surface area contributed by atoms with E-state index in [0.29, 0.717) is 34.7 Å². The molecule has 1 fully saturated rings. The van der Waals surface area contributed by atoms with Crippen LogP contribution in [0.15, 0.2) is 47.6 Å². The van der Waals surface area contributed by atoms with Crippen molar-refractivity contribution in [2.45, 2.75) is 30.6 Å². The maximum Gasteiger partial charge on any atom is 0.234 e. The molecule has 1 aromatic heterocycles. The maximum atomic E-state index is 12.5. The van der Waals surface area contributed by atoms with Crippen LogP contribution in [-0.4, -0.2) is 51.0 Å². The number of fused-ring (bicyclic) bond motifs is 1. The van der Waals surface area contributed by atoms with Gasteiger partial charge in [0.15, 0.2) is 22.5 Å². The summed E-state index contributed by atoms with van der Waals surface area (Å²) in [5, 5.41) is 21.8. The van der Waals surface area contributed by atoms with Gasteiger partial charge in [0.05, 0.1) is 18.4 Å². The zero-order valence-corrected chi connectivity index (χ0v) is 18.0. The first-order valence-electron chi connectivity index (χ1n) is 10.3. The summed E-state index contributed by atoms with van der Waals surface area (Å²) in [6.07, 6.45) is 2.09. The summed E-state index contributed by atoms with van der Waals surface area (Å²) in [4.78, 5) is 12.5. The molecule has 0 spiro atoms. The van der Waals surface area contributed by atoms with Crippen molar-refractivity contribution in [1.82, 2.24) is 14.8 Å². The summed E-state index contributed by atoms with van der Waals surface area (Å²) in [7, 11) is 0. The van der Waals surface area contributed by atoms with Crippen molar-refractivity contribution < 1.29 is 24.1 Å². The molecular weight excluding hydrogens is 432 g/mol. The number of hydrogen-bond donors (Lipinski definition) is 2. The molecule has 2 aliphatic rings. The molecule has 32 heavy (non-hydrogen) atoms. The maximum absolute atomic E-state index is 12.5. The topological polar surface area (TPSA) is 108 Å². The lowest BCUT2D eigenvalue weighted by molar-refractivity contribution is -0.113. The fourth-order valence-electron chi connectivity index (χ4n) is 3.68. The van der Waals surface area contributed by atoms with E-state index in [0.717, 1.165) is 25.0 Å². The van der Waals surface area contributed by atoms with Gasteiger partial charge in [-0.2, -0.15) is 0 Å². The van der Waals surface area contributed by atoms with Crippen molar-refractivity contribution >= 4 is 23.4 Å². The van der Waals surface area contributed by atoms with Gasteiger partial charge in [0.1, 0.15) is 5.75 Å². The minimum Gasteiger partial charge on any atom is -0.508 e. The van der Waals surface area contributed by atoms with Gasteiger partial charge >= 0.3 is 0 Å². The average Bonchev–Trinajstić information content (AvgIpc) is 3.54. The van der Waals surface area contributed by atoms with Gasteiger partial charge < -0.3 is 24.6 Å². The molecule has 166 valence electrons. The highest BCUT2D eigenvalue weighted by Gasteiger charge is 2.22. The number of carbonyl (C=O) groups excluding carboxylic acids is 1. The molecule has 9 nitrogen and oxygen atoms in total. The van der Waals surface area contributed by atoms with Crippen LogP contribution in [0.4, 0.5) is 5.69 Å². The molecule has 2 aromatic carbocycles. The number of phenolic OH excluding ortho intramolecular Hbond substituents is 1. The minimum atomic E-state index is -0.160. The van der Waals surface area contributed by atoms with Crippen LogP contribution in [0, 0.1) is 0 Å². The molecule has 2 aliphatic heterocycles. The number of nitrogens with zero attached hydrogens (tertiary/aromatic N) is 3. The molecule has 2 N–H and O–H groups in total. The first kappa shape index (κ1) is 20.7. The summed E-state index contributed by atoms with van der Waals surface area (Å²) < 4.78 is 18.4. The Morgan fingerprint density at radius 3 is 2.81 bits per heavy atom. The summed E-state index contributed by atoms with van der Waals surface area (Å²) >= 11 is 1.32. The number of benzene rings is 2. The van der Waals surface area contributed by atoms with E-state index in [1.165, 1.54) is 11.8 Å². The lowest BCUT2D eigenvalue weighted by atomic mass is 10.2. The zero-order chi connectivity index (χ0) is 21.9. The highest BCUT2D eigenvalue weighted by atomic mass is 32.2. The van der Waals surface area contributed by atoms with Crippen molar-refractivity contribution in [2.75, 3.05) is 24.5 Å². The van der Waals surface area contributed by atoms with Crippen molar-refractivity contribution in [1.29, 1.82) is 0 Å². The number of aromatic hydroxyl groups is 1. The van der Waals surface area contributed by atoms with Gasteiger partial charge in [-0.1, -0.05) is 11.8 Å². The molecule has 1 unspecified atom stereocenters. The van der Waals surface area contributed by atoms with Crippen molar-refractivity contribution in [3.8, 4) is 28.6 Å². The smallest absolute Gasteiger partial charge is 0.234 e. The number of amides is 1. The van der Waals surface area contributed by atoms with E-state index in [9.17, 15) is 9.90 Å². The second-order valence-electron chi connectivity index (χ2n) is 7.50. The number of thioether (sulfide) groups is 1. The van der Waals surface area contributed by atoms with Crippen LogP contribution < -0.4 is 14.8 Å². The third-order valence-corrected chi connectivity index (χ3v) is 6.21. The van der Waals surface area contributed by atoms with Gasteiger partial charge in [-0.05, 0) is 49.2 Å². The fraction of sp³-hybridized carbons (Fsp3) is 0.318. The molecule has 1 amide bonds. The van der Waals surface area contributed by atoms with Crippen LogP contribution in [0.5, 0.6) is 17.2 Å². The molecule has 10 heteroatoms. The SMILES string of the molecule is O=C(CSc1nnc(-c2ccc(O)cc2)n1CC1CCCO1)Nc1ccc2c(c1)OCO2. The number of nitrogens with one attached hydrogen (secondary N) is 1. The summed E-state index contributed by atoms with van der Waals surface area (Å²) in [5.41, 5.74) is 1.48. The first-order chi connectivity index (χ1) is 15.7. The molecule has 3 heterocycles. The number of ether oxygens (including phenoxy) is 3. The van der Waals surface area contributed by atoms with Crippen molar-refractivity contribution in [3.05, 3.63) is 42.5 Å². The van der Waals surface area contributed by atoms with E-state index < -0.39 is 0 Å². The summed E-state index contributed by atoms with van der Waals surface area (Å²) in [6.45, 7) is 1.55. The molecule has 3 aromatic rings. The number of phenols is 1. The lowest BCUT2D eigenvalue weighted by Gasteiger charge is -2.14. The normalized spacial score (nSPS) is 16.9. The average molecular weight is 455 g/mol. The van der Waals surface area contributed by atoms with Gasteiger partial charge in [0.25, 0.3) is 0 Å². The van der Waals surface area contributed by atoms with E-state index in [4.69, 9.17) is 14.2 Å². The Labute approximate surface area is 188 Å². The minimum absolute atomic E-state index is 0.0867. The van der Waals surface area contributed by atoms with Crippen LogP contribution in [-0.2, 0) is 16.1 Å². The number of rotatable bonds is 7. The van der Waals surface area contributed by atoms with E-state index >= 15 is 0 Å². The van der Waals surface area contributed by atoms with E-state index in [-0.39, 0.29) is 30.3 Å². The van der Waals surface area contributed by atoms with Crippen LogP contribution in [0.1, 0.15) is 12.8 Å². The molecule has 0 saturated carbocycles. The quantitative estimate of drug-likeness (QED) is 0.524. The second-order valence-corrected chi connectivity index (χ2v) is 8.45. The molecular formula is C22H22N4O5S. The Kier molecular flexibility index (Phi) is 5.87. The number of aromatic nitrogens is 3. The zero-order valence-electron chi connectivity index (χ0n) is 17.2. The largest absolute Gasteiger partial charge is 0.508 e. The summed E-state index contributed by atoms with van der Waals surface area (Å²) in [6, 6.07) is 12.1. The third kappa shape index (κ3) is 4.51. The molecule has 0 aliphatic carbocycles. The Morgan fingerprint density at radius 2 is 2.00 bits per heavy atom. The number of hydrogen-bond acceptors (Lipinski definition) is 8. The molecule has 1 saturated heterocycles. The molecule has 1 atom stereocenters. The monoisotopic (exact) mass is 454 g/mol. The second kappa shape index (κ2) is 9.09. The van der Waals surface area contributed by atoms with Crippen LogP contribution in [0.2, 0.25) is 0 Å². The standard InChI is InChI=1S/C22H22N4O5S/c27-16-6-3-14(4-7-16)21-24-25-22(26(21)11-17-2-1-9-29-17)32-12-20(28)23-15-5-8-18-19(10-15)31-13-30-18/h3-8,10,17,27H,1-2,9,11-13H2,(H,23,28). The van der Waals surface area contributed by atoms with Gasteiger partial charge in [-0.25, -0.2) is 0 Å². The highest BCUT2D eigenvalue weighted by Crippen LogP contribution is 2.34. The Bertz CT molecular complexity index is 1110. The predicted octanol–water partition coefficient (Wildman–Crippen LogP) is 3.29. The van der Waals surface area contributed by atoms with E-state index in [2.05, 4.69) is 15.5 Å². The van der Waals surface area contributed by atoms with Gasteiger partial charge in [-0.15, -0.1) is 10.2 Å². The fourth-order valence-corrected chi connectivity index (χ4v) is 4.43. The molecule has 0 bridgehead atoms.